The number of fused-ring (bicyclic) bond motifs is 3. The number of nitrogens with zero attached hydrogens (tertiary/aromatic N) is 5. The van der Waals surface area contributed by atoms with Crippen LogP contribution in [0.15, 0.2) is 24.3 Å². The number of methoxy groups -OCH3 is 1. The van der Waals surface area contributed by atoms with Crippen molar-refractivity contribution in [3.63, 3.8) is 0 Å². The summed E-state index contributed by atoms with van der Waals surface area (Å²) in [7, 11) is 1.49. The van der Waals surface area contributed by atoms with Gasteiger partial charge in [0.05, 0.1) is 12.6 Å². The van der Waals surface area contributed by atoms with Crippen LogP contribution in [0.1, 0.15) is 57.9 Å². The van der Waals surface area contributed by atoms with Gasteiger partial charge in [-0.05, 0) is 98.5 Å². The molecule has 0 aliphatic carbocycles. The van der Waals surface area contributed by atoms with E-state index in [1.807, 2.05) is 6.92 Å². The minimum absolute atomic E-state index is 0.0289. The van der Waals surface area contributed by atoms with Gasteiger partial charge in [-0.2, -0.15) is 9.97 Å². The van der Waals surface area contributed by atoms with Crippen molar-refractivity contribution in [3.05, 3.63) is 41.5 Å². The molecule has 0 radical (unpaired) electrons. The fourth-order valence-corrected chi connectivity index (χ4v) is 7.80. The number of ether oxygens (including phenoxy) is 2. The van der Waals surface area contributed by atoms with Crippen molar-refractivity contribution in [3.8, 4) is 28.9 Å². The summed E-state index contributed by atoms with van der Waals surface area (Å²) >= 11 is 0. The lowest BCUT2D eigenvalue weighted by Crippen LogP contribution is -2.43. The number of benzene rings is 2. The molecule has 1 N–H and O–H groups in total. The number of pyridine rings is 1. The molecule has 7 rings (SSSR count). The van der Waals surface area contributed by atoms with E-state index < -0.39 is 11.6 Å². The van der Waals surface area contributed by atoms with E-state index in [4.69, 9.17) is 14.5 Å². The highest BCUT2D eigenvalue weighted by Crippen LogP contribution is 2.43. The third-order valence-electron chi connectivity index (χ3n) is 9.90. The molecule has 2 aromatic heterocycles. The van der Waals surface area contributed by atoms with Gasteiger partial charge in [-0.15, -0.1) is 0 Å². The number of hydrogen-bond donors (Lipinski definition) is 1. The first kappa shape index (κ1) is 29.0. The topological polar surface area (TPSA) is 83.8 Å². The monoisotopic (exact) mass is 603 g/mol. The first-order chi connectivity index (χ1) is 21.3. The molecule has 4 aromatic rings. The molecular formula is C34H39F2N5O3. The number of phenols is 1. The Kier molecular flexibility index (Phi) is 7.43. The molecule has 3 fully saturated rings. The number of anilines is 1. The van der Waals surface area contributed by atoms with Gasteiger partial charge in [-0.1, -0.05) is 19.9 Å². The molecule has 3 aliphatic heterocycles. The number of piperidine rings is 1. The highest BCUT2D eigenvalue weighted by molar-refractivity contribution is 6.03. The van der Waals surface area contributed by atoms with E-state index >= 15 is 8.78 Å². The maximum Gasteiger partial charge on any atom is 0.319 e. The van der Waals surface area contributed by atoms with Gasteiger partial charge in [0.15, 0.2) is 5.82 Å². The Morgan fingerprint density at radius 3 is 2.55 bits per heavy atom. The zero-order valence-corrected chi connectivity index (χ0v) is 25.6. The van der Waals surface area contributed by atoms with Crippen molar-refractivity contribution in [1.82, 2.24) is 19.9 Å². The van der Waals surface area contributed by atoms with Crippen LogP contribution in [-0.4, -0.2) is 70.4 Å². The van der Waals surface area contributed by atoms with Crippen LogP contribution in [-0.2, 0) is 6.42 Å². The number of phenolic OH excluding ortho intramolecular Hbond substituents is 1. The van der Waals surface area contributed by atoms with Gasteiger partial charge < -0.3 is 19.5 Å². The third kappa shape index (κ3) is 4.78. The first-order valence-electron chi connectivity index (χ1n) is 15.8. The fraction of sp³-hybridized carbons (Fsp3) is 0.500. The molecule has 5 heterocycles. The van der Waals surface area contributed by atoms with Crippen molar-refractivity contribution in [2.75, 3.05) is 44.8 Å². The third-order valence-corrected chi connectivity index (χ3v) is 9.90. The first-order valence-corrected chi connectivity index (χ1v) is 15.8. The quantitative estimate of drug-likeness (QED) is 0.252. The zero-order valence-electron chi connectivity index (χ0n) is 25.6. The number of hydrogen-bond acceptors (Lipinski definition) is 8. The van der Waals surface area contributed by atoms with E-state index in [0.29, 0.717) is 46.5 Å². The minimum Gasteiger partial charge on any atom is -0.508 e. The molecule has 3 saturated heterocycles. The van der Waals surface area contributed by atoms with E-state index in [1.54, 1.807) is 12.1 Å². The highest BCUT2D eigenvalue weighted by atomic mass is 19.1. The Morgan fingerprint density at radius 2 is 1.82 bits per heavy atom. The molecule has 0 amide bonds. The van der Waals surface area contributed by atoms with Crippen LogP contribution in [0.4, 0.5) is 14.6 Å². The normalized spacial score (nSPS) is 20.0. The highest BCUT2D eigenvalue weighted by Gasteiger charge is 2.45. The maximum absolute atomic E-state index is 17.0. The van der Waals surface area contributed by atoms with E-state index in [2.05, 4.69) is 26.7 Å². The van der Waals surface area contributed by atoms with Gasteiger partial charge in [-0.25, -0.2) is 13.8 Å². The SMILES string of the molecule is CCc1c(F)ccc2cc(O)cc(-c3nc(OC)c4c(N5CCC[C@H](C)C5)nc(OCC56CCCN5CCC6)nc4c3F)c12. The molecule has 10 heteroatoms. The summed E-state index contributed by atoms with van der Waals surface area (Å²) in [5.41, 5.74) is 0.621. The van der Waals surface area contributed by atoms with E-state index in [-0.39, 0.29) is 40.0 Å². The lowest BCUT2D eigenvalue weighted by atomic mass is 9.94. The van der Waals surface area contributed by atoms with Crippen LogP contribution in [0, 0.1) is 17.6 Å². The predicted octanol–water partition coefficient (Wildman–Crippen LogP) is 6.64. The molecular weight excluding hydrogens is 564 g/mol. The van der Waals surface area contributed by atoms with E-state index in [1.165, 1.54) is 19.2 Å². The summed E-state index contributed by atoms with van der Waals surface area (Å²) in [4.78, 5) is 18.9. The molecule has 0 unspecified atom stereocenters. The van der Waals surface area contributed by atoms with Crippen LogP contribution >= 0.6 is 0 Å². The van der Waals surface area contributed by atoms with Gasteiger partial charge in [-0.3, -0.25) is 4.90 Å². The molecule has 1 atom stereocenters. The van der Waals surface area contributed by atoms with E-state index in [0.717, 1.165) is 64.7 Å². The van der Waals surface area contributed by atoms with Gasteiger partial charge in [0.25, 0.3) is 0 Å². The number of aromatic hydroxyl groups is 1. The Labute approximate surface area is 256 Å². The van der Waals surface area contributed by atoms with Crippen molar-refractivity contribution < 1.29 is 23.4 Å². The summed E-state index contributed by atoms with van der Waals surface area (Å²) in [6, 6.07) is 6.05. The van der Waals surface area contributed by atoms with Gasteiger partial charge in [0.1, 0.15) is 40.6 Å². The van der Waals surface area contributed by atoms with Crippen LogP contribution in [0.3, 0.4) is 0 Å². The molecule has 3 aliphatic rings. The Hall–Kier alpha value is -3.79. The minimum atomic E-state index is -0.695. The summed E-state index contributed by atoms with van der Waals surface area (Å²) in [6.07, 6.45) is 6.87. The zero-order chi connectivity index (χ0) is 30.6. The summed E-state index contributed by atoms with van der Waals surface area (Å²) < 4.78 is 44.1. The van der Waals surface area contributed by atoms with Gasteiger partial charge in [0.2, 0.25) is 5.88 Å². The second-order valence-corrected chi connectivity index (χ2v) is 12.7. The maximum atomic E-state index is 17.0. The largest absolute Gasteiger partial charge is 0.508 e. The van der Waals surface area contributed by atoms with Gasteiger partial charge >= 0.3 is 6.01 Å². The summed E-state index contributed by atoms with van der Waals surface area (Å²) in [5, 5.41) is 12.1. The number of halogens is 2. The van der Waals surface area contributed by atoms with Crippen molar-refractivity contribution >= 4 is 27.5 Å². The second-order valence-electron chi connectivity index (χ2n) is 12.7. The van der Waals surface area contributed by atoms with Crippen molar-refractivity contribution in [1.29, 1.82) is 0 Å². The molecule has 0 bridgehead atoms. The van der Waals surface area contributed by atoms with E-state index in [9.17, 15) is 5.11 Å². The fourth-order valence-electron chi connectivity index (χ4n) is 7.80. The molecule has 8 nitrogen and oxygen atoms in total. The van der Waals surface area contributed by atoms with Gasteiger partial charge in [0, 0.05) is 18.7 Å². The standard InChI is InChI=1S/C34H39F2N5O3/c1-4-23-25(35)10-9-21-16-22(42)17-24(26(21)23)29-28(36)30-27(32(37-29)43-3)31(40-13-5-8-20(2)18-40)39-33(38-30)44-19-34-11-6-14-41(34)15-7-12-34/h9-10,16-17,20,42H,4-8,11-15,18-19H2,1-3H3/t20-/m0/s1. The average Bonchev–Trinajstić information content (AvgIpc) is 3.61. The molecule has 232 valence electrons. The lowest BCUT2D eigenvalue weighted by molar-refractivity contribution is 0.108. The molecule has 2 aromatic carbocycles. The van der Waals surface area contributed by atoms with Crippen LogP contribution in [0.25, 0.3) is 32.9 Å². The molecule has 0 spiro atoms. The Morgan fingerprint density at radius 1 is 1.02 bits per heavy atom. The predicted molar refractivity (Wildman–Crippen MR) is 167 cm³/mol. The summed E-state index contributed by atoms with van der Waals surface area (Å²) in [6.45, 7) is 8.14. The van der Waals surface area contributed by atoms with Crippen LogP contribution < -0.4 is 14.4 Å². The van der Waals surface area contributed by atoms with Crippen molar-refractivity contribution in [2.24, 2.45) is 5.92 Å². The van der Waals surface area contributed by atoms with Crippen molar-refractivity contribution in [2.45, 2.75) is 64.3 Å². The Balaban J connectivity index is 1.44. The number of rotatable bonds is 7. The Bertz CT molecular complexity index is 1740. The number of aryl methyl sites for hydroxylation is 1. The smallest absolute Gasteiger partial charge is 0.319 e. The molecule has 0 saturated carbocycles. The average molecular weight is 604 g/mol. The van der Waals surface area contributed by atoms with Crippen LogP contribution in [0.5, 0.6) is 17.6 Å². The van der Waals surface area contributed by atoms with Crippen LogP contribution in [0.2, 0.25) is 0 Å². The molecule has 44 heavy (non-hydrogen) atoms. The summed E-state index contributed by atoms with van der Waals surface area (Å²) in [5.74, 6) is -0.0243. The lowest BCUT2D eigenvalue weighted by Gasteiger charge is -2.33. The second kappa shape index (κ2) is 11.3. The number of aromatic nitrogens is 3.